The molecule has 0 aliphatic heterocycles. The van der Waals surface area contributed by atoms with Crippen LogP contribution >= 0.6 is 0 Å². The van der Waals surface area contributed by atoms with Gasteiger partial charge in [0.1, 0.15) is 5.75 Å². The third kappa shape index (κ3) is 3.65. The molecule has 3 rings (SSSR count). The van der Waals surface area contributed by atoms with E-state index in [0.29, 0.717) is 28.4 Å². The molecule has 1 heterocycles. The first-order valence-electron chi connectivity index (χ1n) is 8.76. The minimum atomic E-state index is -0.218. The van der Waals surface area contributed by atoms with E-state index < -0.39 is 0 Å². The Morgan fingerprint density at radius 1 is 0.786 bits per heavy atom. The molecule has 0 fully saturated rings. The summed E-state index contributed by atoms with van der Waals surface area (Å²) in [6, 6.07) is 13.1. The molecular formula is C22H23NO5. The molecule has 1 aromatic heterocycles. The third-order valence-corrected chi connectivity index (χ3v) is 4.64. The van der Waals surface area contributed by atoms with Crippen LogP contribution in [0.4, 0.5) is 0 Å². The number of methoxy groups -OCH3 is 3. The van der Waals surface area contributed by atoms with Gasteiger partial charge >= 0.3 is 0 Å². The van der Waals surface area contributed by atoms with Crippen molar-refractivity contribution < 1.29 is 24.4 Å². The van der Waals surface area contributed by atoms with Gasteiger partial charge in [-0.15, -0.1) is 0 Å². The van der Waals surface area contributed by atoms with Crippen molar-refractivity contribution in [2.45, 2.75) is 13.2 Å². The highest BCUT2D eigenvalue weighted by Crippen LogP contribution is 2.36. The molecule has 0 spiro atoms. The highest BCUT2D eigenvalue weighted by atomic mass is 16.5. The molecule has 0 atom stereocenters. The SMILES string of the molecule is COc1ccc(-c2ccc(-c3ccc(CO)c(CO)c3OC)cn2)cc1OC. The second-order valence-corrected chi connectivity index (χ2v) is 6.10. The lowest BCUT2D eigenvalue weighted by molar-refractivity contribution is 0.254. The maximum Gasteiger partial charge on any atom is 0.161 e. The van der Waals surface area contributed by atoms with E-state index in [1.807, 2.05) is 36.4 Å². The predicted octanol–water partition coefficient (Wildman–Crippen LogP) is 3.43. The predicted molar refractivity (Wildman–Crippen MR) is 107 cm³/mol. The molecule has 0 radical (unpaired) electrons. The fraction of sp³-hybridized carbons (Fsp3) is 0.227. The minimum absolute atomic E-state index is 0.164. The Morgan fingerprint density at radius 2 is 1.54 bits per heavy atom. The number of aliphatic hydroxyl groups is 2. The summed E-state index contributed by atoms with van der Waals surface area (Å²) in [6.45, 7) is -0.382. The number of benzene rings is 2. The number of aromatic nitrogens is 1. The van der Waals surface area contributed by atoms with Crippen molar-refractivity contribution in [1.82, 2.24) is 4.98 Å². The summed E-state index contributed by atoms with van der Waals surface area (Å²) in [6.07, 6.45) is 1.75. The molecule has 6 heteroatoms. The van der Waals surface area contributed by atoms with Crippen LogP contribution in [0.1, 0.15) is 11.1 Å². The van der Waals surface area contributed by atoms with Crippen molar-refractivity contribution in [2.75, 3.05) is 21.3 Å². The number of pyridine rings is 1. The van der Waals surface area contributed by atoms with Gasteiger partial charge in [-0.2, -0.15) is 0 Å². The van der Waals surface area contributed by atoms with E-state index in [2.05, 4.69) is 4.98 Å². The first kappa shape index (κ1) is 19.7. The molecule has 146 valence electrons. The van der Waals surface area contributed by atoms with Gasteiger partial charge in [0.2, 0.25) is 0 Å². The number of hydrogen-bond acceptors (Lipinski definition) is 6. The Morgan fingerprint density at radius 3 is 2.11 bits per heavy atom. The Labute approximate surface area is 164 Å². The molecule has 6 nitrogen and oxygen atoms in total. The Bertz CT molecular complexity index is 954. The highest BCUT2D eigenvalue weighted by Gasteiger charge is 2.15. The van der Waals surface area contributed by atoms with E-state index in [-0.39, 0.29) is 13.2 Å². The number of hydrogen-bond donors (Lipinski definition) is 2. The van der Waals surface area contributed by atoms with E-state index in [0.717, 1.165) is 22.4 Å². The van der Waals surface area contributed by atoms with Crippen LogP contribution in [0.5, 0.6) is 17.2 Å². The highest BCUT2D eigenvalue weighted by molar-refractivity contribution is 5.74. The van der Waals surface area contributed by atoms with Crippen LogP contribution in [0, 0.1) is 0 Å². The molecule has 0 aliphatic carbocycles. The topological polar surface area (TPSA) is 81.0 Å². The van der Waals surface area contributed by atoms with Crippen molar-refractivity contribution in [3.8, 4) is 39.6 Å². The Balaban J connectivity index is 2.00. The van der Waals surface area contributed by atoms with Crippen LogP contribution < -0.4 is 14.2 Å². The molecule has 2 N–H and O–H groups in total. The number of nitrogens with zero attached hydrogens (tertiary/aromatic N) is 1. The smallest absolute Gasteiger partial charge is 0.161 e. The van der Waals surface area contributed by atoms with Gasteiger partial charge < -0.3 is 24.4 Å². The largest absolute Gasteiger partial charge is 0.496 e. The monoisotopic (exact) mass is 381 g/mol. The van der Waals surface area contributed by atoms with Crippen LogP contribution in [0.3, 0.4) is 0 Å². The van der Waals surface area contributed by atoms with E-state index >= 15 is 0 Å². The van der Waals surface area contributed by atoms with Gasteiger partial charge in [0, 0.05) is 28.5 Å². The van der Waals surface area contributed by atoms with Crippen LogP contribution in [-0.2, 0) is 13.2 Å². The fourth-order valence-electron chi connectivity index (χ4n) is 3.17. The lowest BCUT2D eigenvalue weighted by atomic mass is 9.98. The van der Waals surface area contributed by atoms with Crippen molar-refractivity contribution in [3.05, 3.63) is 59.8 Å². The molecular weight excluding hydrogens is 358 g/mol. The molecule has 0 bridgehead atoms. The molecule has 2 aromatic carbocycles. The zero-order valence-electron chi connectivity index (χ0n) is 16.1. The van der Waals surface area contributed by atoms with Gasteiger partial charge in [-0.05, 0) is 29.8 Å². The van der Waals surface area contributed by atoms with Crippen molar-refractivity contribution >= 4 is 0 Å². The first-order chi connectivity index (χ1) is 13.7. The lowest BCUT2D eigenvalue weighted by Gasteiger charge is -2.16. The summed E-state index contributed by atoms with van der Waals surface area (Å²) in [7, 11) is 4.74. The van der Waals surface area contributed by atoms with Crippen LogP contribution in [-0.4, -0.2) is 36.5 Å². The molecule has 28 heavy (non-hydrogen) atoms. The van der Waals surface area contributed by atoms with E-state index in [1.54, 1.807) is 33.6 Å². The summed E-state index contributed by atoms with van der Waals surface area (Å²) in [5, 5.41) is 19.2. The fourth-order valence-corrected chi connectivity index (χ4v) is 3.17. The van der Waals surface area contributed by atoms with Crippen molar-refractivity contribution in [1.29, 1.82) is 0 Å². The van der Waals surface area contributed by atoms with Gasteiger partial charge in [0.05, 0.1) is 40.2 Å². The molecule has 0 aliphatic rings. The molecule has 3 aromatic rings. The zero-order valence-corrected chi connectivity index (χ0v) is 16.1. The summed E-state index contributed by atoms with van der Waals surface area (Å²) in [5.41, 5.74) is 4.56. The van der Waals surface area contributed by atoms with Gasteiger partial charge in [-0.3, -0.25) is 4.98 Å². The van der Waals surface area contributed by atoms with Crippen LogP contribution in [0.2, 0.25) is 0 Å². The average Bonchev–Trinajstić information content (AvgIpc) is 2.77. The maximum atomic E-state index is 9.69. The molecule has 0 unspecified atom stereocenters. The number of ether oxygens (including phenoxy) is 3. The van der Waals surface area contributed by atoms with Crippen molar-refractivity contribution in [2.24, 2.45) is 0 Å². The van der Waals surface area contributed by atoms with E-state index in [4.69, 9.17) is 14.2 Å². The van der Waals surface area contributed by atoms with E-state index in [1.165, 1.54) is 0 Å². The van der Waals surface area contributed by atoms with E-state index in [9.17, 15) is 10.2 Å². The van der Waals surface area contributed by atoms with Gasteiger partial charge in [0.15, 0.2) is 11.5 Å². The molecule has 0 amide bonds. The number of rotatable bonds is 7. The first-order valence-corrected chi connectivity index (χ1v) is 8.76. The summed E-state index contributed by atoms with van der Waals surface area (Å²) >= 11 is 0. The average molecular weight is 381 g/mol. The van der Waals surface area contributed by atoms with Gasteiger partial charge in [0.25, 0.3) is 0 Å². The molecule has 0 saturated carbocycles. The second-order valence-electron chi connectivity index (χ2n) is 6.10. The standard InChI is InChI=1S/C22H23NO5/c1-26-20-9-6-14(10-21(20)27-2)19-8-5-15(11-23-19)17-7-4-16(12-24)18(13-25)22(17)28-3/h4-11,24-25H,12-13H2,1-3H3. The summed E-state index contributed by atoms with van der Waals surface area (Å²) < 4.78 is 16.1. The number of aliphatic hydroxyl groups excluding tert-OH is 2. The van der Waals surface area contributed by atoms with Crippen LogP contribution in [0.25, 0.3) is 22.4 Å². The Hall–Kier alpha value is -3.09. The lowest BCUT2D eigenvalue weighted by Crippen LogP contribution is -2.01. The van der Waals surface area contributed by atoms with Crippen LogP contribution in [0.15, 0.2) is 48.7 Å². The van der Waals surface area contributed by atoms with Gasteiger partial charge in [-0.1, -0.05) is 18.2 Å². The van der Waals surface area contributed by atoms with Gasteiger partial charge in [-0.25, -0.2) is 0 Å². The normalized spacial score (nSPS) is 10.6. The second kappa shape index (κ2) is 8.73. The molecule has 0 saturated heterocycles. The summed E-state index contributed by atoms with van der Waals surface area (Å²) in [5.74, 6) is 1.84. The minimum Gasteiger partial charge on any atom is -0.496 e. The van der Waals surface area contributed by atoms with Crippen molar-refractivity contribution in [3.63, 3.8) is 0 Å². The zero-order chi connectivity index (χ0) is 20.1. The Kier molecular flexibility index (Phi) is 6.13. The maximum absolute atomic E-state index is 9.69. The quantitative estimate of drug-likeness (QED) is 0.653. The third-order valence-electron chi connectivity index (χ3n) is 4.64. The summed E-state index contributed by atoms with van der Waals surface area (Å²) in [4.78, 5) is 4.57.